The topological polar surface area (TPSA) is 51.6 Å². The van der Waals surface area contributed by atoms with Crippen LogP contribution >= 0.6 is 0 Å². The SMILES string of the molecule is c1ccc(-c2ccc(-c3nc(-c4ccc(-c5ccccc5)cc4)nc(-c4cc5c6ccccc6ccc5c5cccnc45)n3)cc2)cc1. The molecule has 9 aromatic rings. The molecule has 0 atom stereocenters. The molecule has 9 rings (SSSR count). The van der Waals surface area contributed by atoms with Crippen molar-refractivity contribution in [1.82, 2.24) is 19.9 Å². The van der Waals surface area contributed by atoms with Crippen LogP contribution in [0.15, 0.2) is 170 Å². The maximum absolute atomic E-state index is 5.14. The monoisotopic (exact) mass is 612 g/mol. The van der Waals surface area contributed by atoms with Gasteiger partial charge in [0.05, 0.1) is 5.52 Å². The summed E-state index contributed by atoms with van der Waals surface area (Å²) in [5.74, 6) is 1.82. The third-order valence-corrected chi connectivity index (χ3v) is 8.99. The van der Waals surface area contributed by atoms with Crippen molar-refractivity contribution in [3.63, 3.8) is 0 Å². The second-order valence-electron chi connectivity index (χ2n) is 11.9. The number of hydrogen-bond donors (Lipinski definition) is 0. The number of aromatic nitrogens is 4. The van der Waals surface area contributed by atoms with E-state index in [-0.39, 0.29) is 0 Å². The predicted molar refractivity (Wildman–Crippen MR) is 197 cm³/mol. The molecule has 2 aromatic heterocycles. The Morgan fingerprint density at radius 1 is 0.312 bits per heavy atom. The van der Waals surface area contributed by atoms with Gasteiger partial charge in [-0.3, -0.25) is 4.98 Å². The van der Waals surface area contributed by atoms with Gasteiger partial charge in [0.15, 0.2) is 17.5 Å². The van der Waals surface area contributed by atoms with Crippen molar-refractivity contribution in [2.75, 3.05) is 0 Å². The summed E-state index contributed by atoms with van der Waals surface area (Å²) in [6.45, 7) is 0. The Kier molecular flexibility index (Phi) is 6.76. The summed E-state index contributed by atoms with van der Waals surface area (Å²) < 4.78 is 0. The smallest absolute Gasteiger partial charge is 0.166 e. The molecule has 0 saturated heterocycles. The number of nitrogens with zero attached hydrogens (tertiary/aromatic N) is 4. The summed E-state index contributed by atoms with van der Waals surface area (Å²) in [7, 11) is 0. The number of fused-ring (bicyclic) bond motifs is 5. The fourth-order valence-corrected chi connectivity index (χ4v) is 6.55. The van der Waals surface area contributed by atoms with E-state index in [9.17, 15) is 0 Å². The zero-order chi connectivity index (χ0) is 31.9. The Morgan fingerprint density at radius 3 is 1.44 bits per heavy atom. The van der Waals surface area contributed by atoms with Gasteiger partial charge in [0.25, 0.3) is 0 Å². The molecular weight excluding hydrogens is 585 g/mol. The summed E-state index contributed by atoms with van der Waals surface area (Å²) in [6.07, 6.45) is 1.84. The highest BCUT2D eigenvalue weighted by molar-refractivity contribution is 6.19. The van der Waals surface area contributed by atoms with Crippen molar-refractivity contribution in [2.24, 2.45) is 0 Å². The summed E-state index contributed by atoms with van der Waals surface area (Å²) in [5.41, 5.74) is 8.20. The minimum absolute atomic E-state index is 0.591. The van der Waals surface area contributed by atoms with Crippen molar-refractivity contribution < 1.29 is 0 Å². The molecule has 0 N–H and O–H groups in total. The van der Waals surface area contributed by atoms with Crippen LogP contribution in [0.25, 0.3) is 88.9 Å². The van der Waals surface area contributed by atoms with Gasteiger partial charge in [-0.2, -0.15) is 0 Å². The molecule has 4 heteroatoms. The van der Waals surface area contributed by atoms with Crippen LogP contribution in [-0.4, -0.2) is 19.9 Å². The number of pyridine rings is 1. The van der Waals surface area contributed by atoms with Gasteiger partial charge in [0.1, 0.15) is 0 Å². The Labute approximate surface area is 278 Å². The molecule has 0 aliphatic rings. The van der Waals surface area contributed by atoms with Crippen LogP contribution in [0, 0.1) is 0 Å². The number of hydrogen-bond acceptors (Lipinski definition) is 4. The summed E-state index contributed by atoms with van der Waals surface area (Å²) in [4.78, 5) is 20.2. The van der Waals surface area contributed by atoms with E-state index in [0.29, 0.717) is 17.5 Å². The molecule has 0 fully saturated rings. The molecule has 0 aliphatic carbocycles. The van der Waals surface area contributed by atoms with E-state index in [1.807, 2.05) is 24.4 Å². The third kappa shape index (κ3) is 4.97. The van der Waals surface area contributed by atoms with Gasteiger partial charge >= 0.3 is 0 Å². The molecule has 0 amide bonds. The maximum atomic E-state index is 5.14. The highest BCUT2D eigenvalue weighted by Gasteiger charge is 2.18. The minimum Gasteiger partial charge on any atom is -0.255 e. The van der Waals surface area contributed by atoms with Crippen LogP contribution in [0.1, 0.15) is 0 Å². The molecule has 0 radical (unpaired) electrons. The van der Waals surface area contributed by atoms with E-state index in [0.717, 1.165) is 49.5 Å². The fraction of sp³-hybridized carbons (Fsp3) is 0. The Bertz CT molecular complexity index is 2480. The molecule has 2 heterocycles. The lowest BCUT2D eigenvalue weighted by Crippen LogP contribution is -2.01. The molecule has 4 nitrogen and oxygen atoms in total. The summed E-state index contributed by atoms with van der Waals surface area (Å²) in [6, 6.07) is 56.8. The lowest BCUT2D eigenvalue weighted by Gasteiger charge is -2.13. The first-order chi connectivity index (χ1) is 23.8. The Balaban J connectivity index is 1.25. The van der Waals surface area contributed by atoms with E-state index in [1.54, 1.807) is 0 Å². The van der Waals surface area contributed by atoms with Gasteiger partial charge in [-0.15, -0.1) is 0 Å². The Morgan fingerprint density at radius 2 is 0.812 bits per heavy atom. The average molecular weight is 613 g/mol. The van der Waals surface area contributed by atoms with E-state index >= 15 is 0 Å². The van der Waals surface area contributed by atoms with Crippen molar-refractivity contribution >= 4 is 32.4 Å². The highest BCUT2D eigenvalue weighted by Crippen LogP contribution is 2.37. The van der Waals surface area contributed by atoms with Crippen molar-refractivity contribution in [2.45, 2.75) is 0 Å². The average Bonchev–Trinajstić information content (AvgIpc) is 3.18. The van der Waals surface area contributed by atoms with E-state index in [2.05, 4.69) is 146 Å². The van der Waals surface area contributed by atoms with Gasteiger partial charge in [-0.05, 0) is 55.9 Å². The fourth-order valence-electron chi connectivity index (χ4n) is 6.55. The highest BCUT2D eigenvalue weighted by atomic mass is 15.0. The van der Waals surface area contributed by atoms with Gasteiger partial charge < -0.3 is 0 Å². The van der Waals surface area contributed by atoms with Crippen LogP contribution < -0.4 is 0 Å². The van der Waals surface area contributed by atoms with Crippen LogP contribution in [0.4, 0.5) is 0 Å². The van der Waals surface area contributed by atoms with Gasteiger partial charge in [-0.25, -0.2) is 15.0 Å². The molecular formula is C44H28N4. The first kappa shape index (κ1) is 27.8. The molecule has 0 saturated carbocycles. The third-order valence-electron chi connectivity index (χ3n) is 8.99. The van der Waals surface area contributed by atoms with Crippen LogP contribution in [0.3, 0.4) is 0 Å². The van der Waals surface area contributed by atoms with E-state index in [4.69, 9.17) is 19.9 Å². The molecule has 7 aromatic carbocycles. The molecule has 0 bridgehead atoms. The zero-order valence-corrected chi connectivity index (χ0v) is 26.0. The minimum atomic E-state index is 0.591. The molecule has 0 spiro atoms. The van der Waals surface area contributed by atoms with E-state index < -0.39 is 0 Å². The number of rotatable bonds is 5. The van der Waals surface area contributed by atoms with Crippen molar-refractivity contribution in [1.29, 1.82) is 0 Å². The Hall–Kier alpha value is -6.52. The zero-order valence-electron chi connectivity index (χ0n) is 26.0. The molecule has 0 unspecified atom stereocenters. The van der Waals surface area contributed by atoms with Crippen LogP contribution in [0.5, 0.6) is 0 Å². The summed E-state index contributed by atoms with van der Waals surface area (Å²) >= 11 is 0. The van der Waals surface area contributed by atoms with Gasteiger partial charge in [-0.1, -0.05) is 152 Å². The standard InChI is InChI=1S/C44H28N4/c1-3-10-29(11-4-1)31-17-21-34(22-18-31)42-46-43(35-23-19-32(20-24-35)30-12-5-2-6-13-30)48-44(47-42)40-28-39-36-15-8-7-14-33(36)25-26-37(39)38-16-9-27-45-41(38)40/h1-28H. The van der Waals surface area contributed by atoms with Crippen molar-refractivity contribution in [3.05, 3.63) is 170 Å². The first-order valence-corrected chi connectivity index (χ1v) is 16.1. The molecule has 0 aliphatic heterocycles. The summed E-state index contributed by atoms with van der Waals surface area (Å²) in [5, 5.41) is 5.74. The molecule has 224 valence electrons. The van der Waals surface area contributed by atoms with Crippen molar-refractivity contribution in [3.8, 4) is 56.4 Å². The normalized spacial score (nSPS) is 11.3. The quantitative estimate of drug-likeness (QED) is 0.181. The first-order valence-electron chi connectivity index (χ1n) is 16.1. The number of benzene rings is 7. The molecule has 48 heavy (non-hydrogen) atoms. The lowest BCUT2D eigenvalue weighted by atomic mass is 9.95. The largest absolute Gasteiger partial charge is 0.255 e. The van der Waals surface area contributed by atoms with Crippen LogP contribution in [-0.2, 0) is 0 Å². The predicted octanol–water partition coefficient (Wildman–Crippen LogP) is 11.1. The maximum Gasteiger partial charge on any atom is 0.166 e. The second kappa shape index (κ2) is 11.7. The van der Waals surface area contributed by atoms with Gasteiger partial charge in [0, 0.05) is 28.3 Å². The lowest BCUT2D eigenvalue weighted by molar-refractivity contribution is 1.08. The van der Waals surface area contributed by atoms with Crippen LogP contribution in [0.2, 0.25) is 0 Å². The van der Waals surface area contributed by atoms with Gasteiger partial charge in [0.2, 0.25) is 0 Å². The van der Waals surface area contributed by atoms with E-state index in [1.165, 1.54) is 21.9 Å². The second-order valence-corrected chi connectivity index (χ2v) is 11.9.